The highest BCUT2D eigenvalue weighted by Crippen LogP contribution is 2.20. The molecule has 1 atom stereocenters. The van der Waals surface area contributed by atoms with Crippen LogP contribution >= 0.6 is 0 Å². The molecule has 3 rings (SSSR count). The average molecular weight is 406 g/mol. The Balaban J connectivity index is 2.12. The van der Waals surface area contributed by atoms with E-state index in [1.165, 1.54) is 12.1 Å². The second kappa shape index (κ2) is 8.72. The van der Waals surface area contributed by atoms with E-state index in [0.717, 1.165) is 6.07 Å². The molecule has 2 aromatic carbocycles. The zero-order valence-corrected chi connectivity index (χ0v) is 15.3. The number of nitrogens with zero attached hydrogens (tertiary/aromatic N) is 4. The van der Waals surface area contributed by atoms with Crippen molar-refractivity contribution >= 4 is 28.3 Å². The summed E-state index contributed by atoms with van der Waals surface area (Å²) < 4.78 is 0. The fourth-order valence-corrected chi connectivity index (χ4v) is 2.63. The fourth-order valence-electron chi connectivity index (χ4n) is 2.63. The molecule has 0 fully saturated rings. The van der Waals surface area contributed by atoms with Crippen molar-refractivity contribution < 1.29 is 14.8 Å². The summed E-state index contributed by atoms with van der Waals surface area (Å²) in [6.45, 7) is 0. The Morgan fingerprint density at radius 2 is 2.07 bits per heavy atom. The first-order chi connectivity index (χ1) is 14.4. The zero-order chi connectivity index (χ0) is 21.7. The number of nitro benzene ring substituents is 1. The van der Waals surface area contributed by atoms with Crippen LogP contribution in [0, 0.1) is 21.4 Å². The predicted octanol–water partition coefficient (Wildman–Crippen LogP) is 1.30. The number of non-ortho nitro benzene ring substituents is 1. The van der Waals surface area contributed by atoms with Gasteiger partial charge in [0.15, 0.2) is 5.69 Å². The van der Waals surface area contributed by atoms with Crippen molar-refractivity contribution in [1.82, 2.24) is 15.4 Å². The molecule has 0 aliphatic heterocycles. The predicted molar refractivity (Wildman–Crippen MR) is 105 cm³/mol. The molecule has 11 heteroatoms. The smallest absolute Gasteiger partial charge is 0.276 e. The minimum absolute atomic E-state index is 0.125. The Bertz CT molecular complexity index is 1250. The third-order valence-corrected chi connectivity index (χ3v) is 4.04. The van der Waals surface area contributed by atoms with E-state index in [1.54, 1.807) is 36.4 Å². The molecule has 0 aliphatic carbocycles. The number of aromatic amines is 1. The number of hydrogen-bond donors (Lipinski definition) is 3. The molecule has 0 saturated carbocycles. The van der Waals surface area contributed by atoms with Crippen molar-refractivity contribution in [3.05, 3.63) is 80.3 Å². The summed E-state index contributed by atoms with van der Waals surface area (Å²) in [6, 6.07) is 13.6. The number of nitriles is 1. The quantitative estimate of drug-likeness (QED) is 0.314. The van der Waals surface area contributed by atoms with E-state index in [1.807, 2.05) is 0 Å². The van der Waals surface area contributed by atoms with Crippen LogP contribution in [0.4, 0.5) is 5.69 Å². The molecule has 150 valence electrons. The third-order valence-electron chi connectivity index (χ3n) is 4.04. The molecule has 3 aromatic rings. The normalized spacial score (nSPS) is 12.2. The number of amides is 1. The Morgan fingerprint density at radius 3 is 2.73 bits per heavy atom. The second-order valence-corrected chi connectivity index (χ2v) is 6.05. The minimum Gasteiger partial charge on any atom is -0.382 e. The number of rotatable bonds is 6. The van der Waals surface area contributed by atoms with Crippen LogP contribution in [0.25, 0.3) is 11.0 Å². The van der Waals surface area contributed by atoms with E-state index in [9.17, 15) is 24.8 Å². The van der Waals surface area contributed by atoms with Crippen molar-refractivity contribution in [1.29, 1.82) is 5.26 Å². The van der Waals surface area contributed by atoms with Gasteiger partial charge >= 0.3 is 0 Å². The van der Waals surface area contributed by atoms with Crippen LogP contribution < -0.4 is 11.0 Å². The standard InChI is InChI=1S/C19H14N6O5/c20-9-8-15(26)23-24-16(18(27)11-4-2-1-3-5-11)17-19(28)22-14-10-12(25(29)30)6-7-13(14)21-17/h1-7,10,18,27H,8H2,(H,22,28)(H,23,26)/b24-16+/t18-/m1/s1. The summed E-state index contributed by atoms with van der Waals surface area (Å²) in [7, 11) is 0. The number of aliphatic hydroxyl groups is 1. The zero-order valence-electron chi connectivity index (χ0n) is 15.3. The van der Waals surface area contributed by atoms with Gasteiger partial charge in [-0.3, -0.25) is 19.7 Å². The molecule has 11 nitrogen and oxygen atoms in total. The molecule has 0 radical (unpaired) electrons. The molecule has 1 heterocycles. The summed E-state index contributed by atoms with van der Waals surface area (Å²) in [5.41, 5.74) is 1.30. The van der Waals surface area contributed by atoms with Gasteiger partial charge in [-0.1, -0.05) is 30.3 Å². The molecule has 3 N–H and O–H groups in total. The number of carbonyl (C=O) groups excluding carboxylic acids is 1. The summed E-state index contributed by atoms with van der Waals surface area (Å²) in [6.07, 6.45) is -1.89. The van der Waals surface area contributed by atoms with Crippen LogP contribution in [0.15, 0.2) is 58.4 Å². The molecular weight excluding hydrogens is 392 g/mol. The maximum atomic E-state index is 12.6. The summed E-state index contributed by atoms with van der Waals surface area (Å²) in [4.78, 5) is 41.2. The van der Waals surface area contributed by atoms with Gasteiger partial charge in [0.05, 0.1) is 22.0 Å². The van der Waals surface area contributed by atoms with Crippen molar-refractivity contribution in [2.45, 2.75) is 12.5 Å². The first kappa shape index (κ1) is 20.3. The van der Waals surface area contributed by atoms with Gasteiger partial charge < -0.3 is 10.1 Å². The summed E-state index contributed by atoms with van der Waals surface area (Å²) >= 11 is 0. The van der Waals surface area contributed by atoms with Crippen LogP contribution in [0.1, 0.15) is 23.8 Å². The second-order valence-electron chi connectivity index (χ2n) is 6.05. The van der Waals surface area contributed by atoms with Crippen molar-refractivity contribution in [2.24, 2.45) is 5.10 Å². The molecule has 0 saturated heterocycles. The van der Waals surface area contributed by atoms with Gasteiger partial charge in [0.2, 0.25) is 0 Å². The van der Waals surface area contributed by atoms with Crippen molar-refractivity contribution in [3.8, 4) is 6.07 Å². The van der Waals surface area contributed by atoms with Crippen LogP contribution in [-0.2, 0) is 4.79 Å². The van der Waals surface area contributed by atoms with Gasteiger partial charge in [0.25, 0.3) is 17.2 Å². The first-order valence-electron chi connectivity index (χ1n) is 8.56. The number of nitro groups is 1. The van der Waals surface area contributed by atoms with Gasteiger partial charge in [0.1, 0.15) is 18.2 Å². The molecular formula is C19H14N6O5. The van der Waals surface area contributed by atoms with Gasteiger partial charge in [-0.05, 0) is 11.6 Å². The molecule has 0 spiro atoms. The van der Waals surface area contributed by atoms with E-state index >= 15 is 0 Å². The third kappa shape index (κ3) is 4.34. The summed E-state index contributed by atoms with van der Waals surface area (Å²) in [5.74, 6) is -0.733. The highest BCUT2D eigenvalue weighted by Gasteiger charge is 2.23. The van der Waals surface area contributed by atoms with Crippen molar-refractivity contribution in [2.75, 3.05) is 0 Å². The molecule has 1 amide bonds. The van der Waals surface area contributed by atoms with Crippen LogP contribution in [0.2, 0.25) is 0 Å². The monoisotopic (exact) mass is 406 g/mol. The van der Waals surface area contributed by atoms with Crippen molar-refractivity contribution in [3.63, 3.8) is 0 Å². The number of H-pyrrole nitrogens is 1. The van der Waals surface area contributed by atoms with Crippen LogP contribution in [0.3, 0.4) is 0 Å². The molecule has 0 unspecified atom stereocenters. The number of carbonyl (C=O) groups is 1. The lowest BCUT2D eigenvalue weighted by Gasteiger charge is -2.14. The number of hydrazone groups is 1. The van der Waals surface area contributed by atoms with Gasteiger partial charge in [-0.2, -0.15) is 10.4 Å². The SMILES string of the molecule is N#CCC(=O)N/N=C(\c1nc2ccc([N+](=O)[O-])cc2[nH]c1=O)[C@H](O)c1ccccc1. The molecule has 30 heavy (non-hydrogen) atoms. The van der Waals surface area contributed by atoms with Crippen LogP contribution in [-0.4, -0.2) is 31.6 Å². The van der Waals surface area contributed by atoms with Gasteiger partial charge in [-0.25, -0.2) is 10.4 Å². The van der Waals surface area contributed by atoms with Gasteiger partial charge in [0, 0.05) is 12.1 Å². The highest BCUT2D eigenvalue weighted by atomic mass is 16.6. The molecule has 0 aliphatic rings. The fraction of sp³-hybridized carbons (Fsp3) is 0.105. The maximum Gasteiger partial charge on any atom is 0.276 e. The van der Waals surface area contributed by atoms with E-state index in [4.69, 9.17) is 5.26 Å². The maximum absolute atomic E-state index is 12.6. The number of aliphatic hydroxyl groups excluding tert-OH is 1. The number of aromatic nitrogens is 2. The lowest BCUT2D eigenvalue weighted by Crippen LogP contribution is -2.29. The lowest BCUT2D eigenvalue weighted by atomic mass is 10.0. The van der Waals surface area contributed by atoms with Gasteiger partial charge in [-0.15, -0.1) is 0 Å². The number of benzene rings is 2. The first-order valence-corrected chi connectivity index (χ1v) is 8.56. The van der Waals surface area contributed by atoms with E-state index in [0.29, 0.717) is 5.56 Å². The number of hydrogen-bond acceptors (Lipinski definition) is 8. The number of nitrogens with one attached hydrogen (secondary N) is 2. The number of fused-ring (bicyclic) bond motifs is 1. The Morgan fingerprint density at radius 1 is 1.33 bits per heavy atom. The van der Waals surface area contributed by atoms with E-state index < -0.39 is 28.9 Å². The van der Waals surface area contributed by atoms with Crippen LogP contribution in [0.5, 0.6) is 0 Å². The molecule has 1 aromatic heterocycles. The highest BCUT2D eigenvalue weighted by molar-refractivity contribution is 6.03. The molecule has 0 bridgehead atoms. The van der Waals surface area contributed by atoms with E-state index in [-0.39, 0.29) is 28.1 Å². The van der Waals surface area contributed by atoms with E-state index in [2.05, 4.69) is 20.5 Å². The Labute approximate surface area is 168 Å². The Hall–Kier alpha value is -4.43. The summed E-state index contributed by atoms with van der Waals surface area (Å²) in [5, 5.41) is 34.1. The Kier molecular flexibility index (Phi) is 5.90. The minimum atomic E-state index is -1.42. The largest absolute Gasteiger partial charge is 0.382 e. The lowest BCUT2D eigenvalue weighted by molar-refractivity contribution is -0.384. The topological polar surface area (TPSA) is 174 Å². The average Bonchev–Trinajstić information content (AvgIpc) is 2.74.